The summed E-state index contributed by atoms with van der Waals surface area (Å²) < 4.78 is 6.86. The van der Waals surface area contributed by atoms with E-state index in [1.54, 1.807) is 0 Å². The highest BCUT2D eigenvalue weighted by atomic mass is 79.9. The lowest BCUT2D eigenvalue weighted by atomic mass is 10.1. The Morgan fingerprint density at radius 1 is 1.53 bits per heavy atom. The van der Waals surface area contributed by atoms with Crippen LogP contribution in [0.3, 0.4) is 0 Å². The van der Waals surface area contributed by atoms with Crippen LogP contribution >= 0.6 is 15.9 Å². The average Bonchev–Trinajstić information content (AvgIpc) is 2.84. The molecule has 1 aliphatic rings. The topological polar surface area (TPSA) is 21.3 Å². The fourth-order valence-electron chi connectivity index (χ4n) is 2.15. The molecule has 0 bridgehead atoms. The van der Waals surface area contributed by atoms with E-state index in [9.17, 15) is 0 Å². The van der Waals surface area contributed by atoms with Crippen LogP contribution in [0.1, 0.15) is 30.9 Å². The molecule has 1 heterocycles. The maximum atomic E-state index is 5.67. The van der Waals surface area contributed by atoms with E-state index >= 15 is 0 Å². The summed E-state index contributed by atoms with van der Waals surface area (Å²) in [6.07, 6.45) is 2.78. The number of hydrogen-bond donors (Lipinski definition) is 1. The molecule has 0 aromatic heterocycles. The van der Waals surface area contributed by atoms with Crippen LogP contribution in [0.4, 0.5) is 0 Å². The largest absolute Gasteiger partial charge is 0.377 e. The van der Waals surface area contributed by atoms with Crippen LogP contribution in [0.2, 0.25) is 0 Å². The van der Waals surface area contributed by atoms with E-state index in [0.29, 0.717) is 12.1 Å². The molecule has 94 valence electrons. The average molecular weight is 298 g/mol. The minimum Gasteiger partial charge on any atom is -0.377 e. The van der Waals surface area contributed by atoms with Crippen LogP contribution in [-0.2, 0) is 11.3 Å². The summed E-state index contributed by atoms with van der Waals surface area (Å²) in [6, 6.07) is 6.94. The fourth-order valence-corrected chi connectivity index (χ4v) is 2.58. The molecule has 1 aliphatic heterocycles. The monoisotopic (exact) mass is 297 g/mol. The molecule has 2 unspecified atom stereocenters. The Morgan fingerprint density at radius 2 is 2.35 bits per heavy atom. The van der Waals surface area contributed by atoms with Gasteiger partial charge in [-0.1, -0.05) is 28.1 Å². The number of halogens is 1. The van der Waals surface area contributed by atoms with E-state index in [2.05, 4.69) is 53.3 Å². The van der Waals surface area contributed by atoms with Crippen LogP contribution in [0, 0.1) is 6.92 Å². The van der Waals surface area contributed by atoms with Gasteiger partial charge in [0.2, 0.25) is 0 Å². The van der Waals surface area contributed by atoms with Crippen molar-refractivity contribution in [3.63, 3.8) is 0 Å². The number of benzene rings is 1. The van der Waals surface area contributed by atoms with E-state index in [0.717, 1.165) is 13.2 Å². The Balaban J connectivity index is 1.86. The normalized spacial score (nSPS) is 21.7. The Bertz CT molecular complexity index is 374. The standard InChI is InChI=1S/C14H20BrNO/c1-10-5-6-12(8-13(10)15)9-16-11(2)14-4-3-7-17-14/h5-6,8,11,14,16H,3-4,7,9H2,1-2H3. The van der Waals surface area contributed by atoms with Crippen LogP contribution < -0.4 is 5.32 Å². The lowest BCUT2D eigenvalue weighted by molar-refractivity contribution is 0.0832. The van der Waals surface area contributed by atoms with Crippen molar-refractivity contribution in [1.82, 2.24) is 5.32 Å². The molecular weight excluding hydrogens is 278 g/mol. The van der Waals surface area contributed by atoms with Crippen molar-refractivity contribution in [1.29, 1.82) is 0 Å². The molecule has 1 N–H and O–H groups in total. The summed E-state index contributed by atoms with van der Waals surface area (Å²) in [4.78, 5) is 0. The molecule has 1 aromatic carbocycles. The van der Waals surface area contributed by atoms with Crippen LogP contribution in [-0.4, -0.2) is 18.8 Å². The van der Waals surface area contributed by atoms with Gasteiger partial charge in [0.1, 0.15) is 0 Å². The van der Waals surface area contributed by atoms with Crippen LogP contribution in [0.15, 0.2) is 22.7 Å². The van der Waals surface area contributed by atoms with E-state index in [4.69, 9.17) is 4.74 Å². The van der Waals surface area contributed by atoms with Gasteiger partial charge in [-0.05, 0) is 43.9 Å². The molecule has 1 saturated heterocycles. The van der Waals surface area contributed by atoms with Gasteiger partial charge in [0, 0.05) is 23.7 Å². The zero-order valence-electron chi connectivity index (χ0n) is 10.5. The van der Waals surface area contributed by atoms with E-state index in [1.807, 2.05) is 0 Å². The summed E-state index contributed by atoms with van der Waals surface area (Å²) in [6.45, 7) is 6.14. The third-order valence-corrected chi connectivity index (χ3v) is 4.24. The number of rotatable bonds is 4. The zero-order valence-corrected chi connectivity index (χ0v) is 12.1. The Morgan fingerprint density at radius 3 is 3.00 bits per heavy atom. The minimum atomic E-state index is 0.392. The summed E-state index contributed by atoms with van der Waals surface area (Å²) in [5.74, 6) is 0. The van der Waals surface area contributed by atoms with Crippen molar-refractivity contribution in [2.75, 3.05) is 6.61 Å². The van der Waals surface area contributed by atoms with Crippen molar-refractivity contribution < 1.29 is 4.74 Å². The maximum absolute atomic E-state index is 5.67. The van der Waals surface area contributed by atoms with Gasteiger partial charge < -0.3 is 10.1 Å². The highest BCUT2D eigenvalue weighted by molar-refractivity contribution is 9.10. The lowest BCUT2D eigenvalue weighted by Gasteiger charge is -2.20. The van der Waals surface area contributed by atoms with Gasteiger partial charge in [-0.15, -0.1) is 0 Å². The van der Waals surface area contributed by atoms with Crippen LogP contribution in [0.5, 0.6) is 0 Å². The molecule has 1 fully saturated rings. The molecule has 0 aliphatic carbocycles. The molecule has 0 spiro atoms. The fraction of sp³-hybridized carbons (Fsp3) is 0.571. The second-order valence-corrected chi connectivity index (χ2v) is 5.66. The van der Waals surface area contributed by atoms with Crippen molar-refractivity contribution in [3.05, 3.63) is 33.8 Å². The van der Waals surface area contributed by atoms with Gasteiger partial charge in [-0.2, -0.15) is 0 Å². The number of hydrogen-bond acceptors (Lipinski definition) is 2. The molecule has 0 amide bonds. The van der Waals surface area contributed by atoms with Gasteiger partial charge in [-0.3, -0.25) is 0 Å². The first-order chi connectivity index (χ1) is 8.16. The van der Waals surface area contributed by atoms with E-state index < -0.39 is 0 Å². The quantitative estimate of drug-likeness (QED) is 0.919. The number of aryl methyl sites for hydroxylation is 1. The Labute approximate surface area is 112 Å². The van der Waals surface area contributed by atoms with Crippen molar-refractivity contribution in [2.45, 2.75) is 45.4 Å². The molecule has 0 saturated carbocycles. The van der Waals surface area contributed by atoms with E-state index in [-0.39, 0.29) is 0 Å². The SMILES string of the molecule is Cc1ccc(CNC(C)C2CCCO2)cc1Br. The summed E-state index contributed by atoms with van der Waals surface area (Å²) in [7, 11) is 0. The van der Waals surface area contributed by atoms with Crippen LogP contribution in [0.25, 0.3) is 0 Å². The first kappa shape index (κ1) is 13.1. The summed E-state index contributed by atoms with van der Waals surface area (Å²) in [5.41, 5.74) is 2.59. The Kier molecular flexibility index (Phi) is 4.60. The first-order valence-electron chi connectivity index (χ1n) is 6.27. The maximum Gasteiger partial charge on any atom is 0.0726 e. The molecule has 2 rings (SSSR count). The predicted molar refractivity (Wildman–Crippen MR) is 74.2 cm³/mol. The summed E-state index contributed by atoms with van der Waals surface area (Å²) in [5, 5.41) is 3.54. The second kappa shape index (κ2) is 5.98. The van der Waals surface area contributed by atoms with Gasteiger partial charge >= 0.3 is 0 Å². The molecule has 17 heavy (non-hydrogen) atoms. The van der Waals surface area contributed by atoms with Crippen molar-refractivity contribution in [3.8, 4) is 0 Å². The predicted octanol–water partition coefficient (Wildman–Crippen LogP) is 3.41. The van der Waals surface area contributed by atoms with Crippen molar-refractivity contribution >= 4 is 15.9 Å². The van der Waals surface area contributed by atoms with E-state index in [1.165, 1.54) is 28.4 Å². The lowest BCUT2D eigenvalue weighted by Crippen LogP contribution is -2.36. The minimum absolute atomic E-state index is 0.392. The molecule has 2 nitrogen and oxygen atoms in total. The Hall–Kier alpha value is -0.380. The van der Waals surface area contributed by atoms with Gasteiger partial charge in [0.25, 0.3) is 0 Å². The summed E-state index contributed by atoms with van der Waals surface area (Å²) >= 11 is 3.57. The van der Waals surface area contributed by atoms with Gasteiger partial charge in [-0.25, -0.2) is 0 Å². The zero-order chi connectivity index (χ0) is 12.3. The third-order valence-electron chi connectivity index (χ3n) is 3.39. The highest BCUT2D eigenvalue weighted by Gasteiger charge is 2.21. The smallest absolute Gasteiger partial charge is 0.0726 e. The molecule has 2 atom stereocenters. The third kappa shape index (κ3) is 3.54. The van der Waals surface area contributed by atoms with Crippen molar-refractivity contribution in [2.24, 2.45) is 0 Å². The molecule has 0 radical (unpaired) electrons. The number of ether oxygens (including phenoxy) is 1. The highest BCUT2D eigenvalue weighted by Crippen LogP contribution is 2.19. The van der Waals surface area contributed by atoms with Gasteiger partial charge in [0.15, 0.2) is 0 Å². The van der Waals surface area contributed by atoms with Gasteiger partial charge in [0.05, 0.1) is 6.10 Å². The number of nitrogens with one attached hydrogen (secondary N) is 1. The first-order valence-corrected chi connectivity index (χ1v) is 7.06. The molecule has 1 aromatic rings. The second-order valence-electron chi connectivity index (χ2n) is 4.80. The molecular formula is C14H20BrNO. The molecule has 3 heteroatoms.